The third-order valence-corrected chi connectivity index (χ3v) is 4.81. The van der Waals surface area contributed by atoms with E-state index in [0.717, 1.165) is 6.92 Å². The van der Waals surface area contributed by atoms with Gasteiger partial charge in [-0.25, -0.2) is 0 Å². The first-order valence-electron chi connectivity index (χ1n) is 11.8. The van der Waals surface area contributed by atoms with Crippen molar-refractivity contribution in [3.8, 4) is 0 Å². The van der Waals surface area contributed by atoms with Gasteiger partial charge < -0.3 is 15.3 Å². The second-order valence-electron chi connectivity index (χ2n) is 6.95. The first kappa shape index (κ1) is 13.9. The first-order chi connectivity index (χ1) is 14.8. The van der Waals surface area contributed by atoms with Crippen LogP contribution in [-0.4, -0.2) is 46.7 Å². The van der Waals surface area contributed by atoms with Crippen LogP contribution >= 0.6 is 0 Å². The molecule has 27 heavy (non-hydrogen) atoms. The molecule has 2 rings (SSSR count). The van der Waals surface area contributed by atoms with Crippen LogP contribution in [0, 0.1) is 11.8 Å². The van der Waals surface area contributed by atoms with E-state index in [1.165, 1.54) is 18.9 Å². The van der Waals surface area contributed by atoms with Crippen LogP contribution in [0.3, 0.4) is 0 Å². The lowest BCUT2D eigenvalue weighted by atomic mass is 9.94. The zero-order chi connectivity index (χ0) is 25.6. The van der Waals surface area contributed by atoms with Gasteiger partial charge in [0.05, 0.1) is 2.74 Å². The van der Waals surface area contributed by atoms with Gasteiger partial charge in [-0.1, -0.05) is 45.0 Å². The van der Waals surface area contributed by atoms with Gasteiger partial charge in [0.1, 0.15) is 12.1 Å². The van der Waals surface area contributed by atoms with Crippen LogP contribution in [0.5, 0.6) is 0 Å². The summed E-state index contributed by atoms with van der Waals surface area (Å²) in [7, 11) is 1.47. The van der Waals surface area contributed by atoms with Gasteiger partial charge in [0.25, 0.3) is 0 Å². The molecule has 2 amide bonds. The third-order valence-electron chi connectivity index (χ3n) is 4.81. The molecule has 0 bridgehead atoms. The molecule has 148 valence electrons. The van der Waals surface area contributed by atoms with Crippen LogP contribution in [0.25, 0.3) is 0 Å². The summed E-state index contributed by atoms with van der Waals surface area (Å²) in [4.78, 5) is 39.7. The fourth-order valence-electron chi connectivity index (χ4n) is 2.99. The van der Waals surface area contributed by atoms with Crippen molar-refractivity contribution < 1.29 is 27.7 Å². The number of nitrogens with zero attached hydrogens (tertiary/aromatic N) is 1. The van der Waals surface area contributed by atoms with E-state index in [0.29, 0.717) is 11.1 Å². The molecule has 1 aromatic carbocycles. The molecule has 6 heteroatoms. The lowest BCUT2D eigenvalue weighted by Crippen LogP contribution is -2.44. The van der Waals surface area contributed by atoms with Crippen LogP contribution in [0.15, 0.2) is 24.3 Å². The molecule has 0 fully saturated rings. The number of Topliss-reactive ketones (excluding diaryl/α,β-unsaturated/α-hetero) is 1. The normalized spacial score (nSPS) is 31.8. The van der Waals surface area contributed by atoms with Gasteiger partial charge in [-0.2, -0.15) is 0 Å². The van der Waals surface area contributed by atoms with Crippen molar-refractivity contribution in [3.05, 3.63) is 35.4 Å². The molecule has 1 aliphatic rings. The number of amides is 2. The Hall–Kier alpha value is -2.21. The highest BCUT2D eigenvalue weighted by Gasteiger charge is 2.34. The molecule has 2 unspecified atom stereocenters. The largest absolute Gasteiger partial charge is 0.385 e. The predicted octanol–water partition coefficient (Wildman–Crippen LogP) is 1.86. The molecule has 5 atom stereocenters. The number of rotatable bonds is 6. The molecule has 0 aromatic heterocycles. The molecule has 0 saturated carbocycles. The highest BCUT2D eigenvalue weighted by Crippen LogP contribution is 2.27. The van der Waals surface area contributed by atoms with E-state index in [1.54, 1.807) is 31.2 Å². The highest BCUT2D eigenvalue weighted by molar-refractivity contribution is 5.93. The zero-order valence-electron chi connectivity index (χ0n) is 22.0. The number of benzene rings is 1. The lowest BCUT2D eigenvalue weighted by Gasteiger charge is -2.26. The Balaban J connectivity index is 2.25. The van der Waals surface area contributed by atoms with Crippen molar-refractivity contribution in [2.24, 2.45) is 11.8 Å². The summed E-state index contributed by atoms with van der Waals surface area (Å²) in [5, 5.41) is 12.8. The Kier molecular flexibility index (Phi) is 4.45. The standard InChI is InChI=1S/C21H30N2O4/c1-12(2)19(25)17(24)10-13(3)20(26)22-18-16-9-7-6-8-15(16)11-14(4)23(5)21(18)27/h6-9,12-14,18-19,25H,10-11H2,1-5H3,(H,22,26)/t13-,14?,18+,19+/m1/s1/i1D3,12D,14D,19D/t12?,13-,14?,18+,19+. The Morgan fingerprint density at radius 3 is 2.78 bits per heavy atom. The van der Waals surface area contributed by atoms with Gasteiger partial charge >= 0.3 is 0 Å². The van der Waals surface area contributed by atoms with E-state index in [9.17, 15) is 19.5 Å². The third kappa shape index (κ3) is 4.75. The molecular weight excluding hydrogens is 344 g/mol. The van der Waals surface area contributed by atoms with Crippen molar-refractivity contribution >= 4 is 17.6 Å². The maximum absolute atomic E-state index is 13.1. The van der Waals surface area contributed by atoms with Gasteiger partial charge in [0, 0.05) is 30.9 Å². The average Bonchev–Trinajstić information content (AvgIpc) is 2.75. The van der Waals surface area contributed by atoms with Crippen LogP contribution in [0.1, 0.15) is 59.4 Å². The summed E-state index contributed by atoms with van der Waals surface area (Å²) in [5.74, 6) is -6.47. The molecule has 2 N–H and O–H groups in total. The average molecular weight is 381 g/mol. The summed E-state index contributed by atoms with van der Waals surface area (Å²) < 4.78 is 46.3. The lowest BCUT2D eigenvalue weighted by molar-refractivity contribution is -0.138. The van der Waals surface area contributed by atoms with Crippen LogP contribution < -0.4 is 5.32 Å². The van der Waals surface area contributed by atoms with Crippen molar-refractivity contribution in [2.75, 3.05) is 7.05 Å². The van der Waals surface area contributed by atoms with E-state index >= 15 is 0 Å². The zero-order valence-corrected chi connectivity index (χ0v) is 16.0. The first-order valence-corrected chi connectivity index (χ1v) is 8.76. The predicted molar refractivity (Wildman–Crippen MR) is 103 cm³/mol. The van der Waals surface area contributed by atoms with Gasteiger partial charge in [0.2, 0.25) is 11.8 Å². The van der Waals surface area contributed by atoms with Gasteiger partial charge in [-0.3, -0.25) is 14.4 Å². The summed E-state index contributed by atoms with van der Waals surface area (Å²) in [6.07, 6.45) is -3.73. The fourth-order valence-corrected chi connectivity index (χ4v) is 2.99. The molecule has 1 aliphatic heterocycles. The van der Waals surface area contributed by atoms with E-state index < -0.39 is 60.8 Å². The number of aliphatic hydroxyl groups is 1. The van der Waals surface area contributed by atoms with Gasteiger partial charge in [0.15, 0.2) is 5.78 Å². The Morgan fingerprint density at radius 1 is 1.44 bits per heavy atom. The molecule has 1 aromatic rings. The number of fused-ring (bicyclic) bond motifs is 1. The molecular formula is C21H30N2O4. The smallest absolute Gasteiger partial charge is 0.249 e. The Bertz CT molecular complexity index is 945. The minimum absolute atomic E-state index is 0.245. The second-order valence-corrected chi connectivity index (χ2v) is 6.95. The van der Waals surface area contributed by atoms with Crippen LogP contribution in [0.4, 0.5) is 0 Å². The molecule has 0 spiro atoms. The number of nitrogens with one attached hydrogen (secondary N) is 1. The SMILES string of the molecule is [2H]C1(C)Cc2ccccc2[C@H](NC(=O)[C@H](C)CC(=O)[C@@]([2H])(O)C([2H])(C)C([2H])([2H])[2H])C(=O)N1C. The number of likely N-dealkylation sites (N-methyl/N-ethyl adjacent to an activating group) is 1. The quantitative estimate of drug-likeness (QED) is 0.789. The number of ketones is 1. The van der Waals surface area contributed by atoms with Crippen molar-refractivity contribution in [1.82, 2.24) is 10.2 Å². The number of hydrogen-bond donors (Lipinski definition) is 2. The van der Waals surface area contributed by atoms with Gasteiger partial charge in [-0.15, -0.1) is 0 Å². The Labute approximate surface area is 169 Å². The molecule has 0 aliphatic carbocycles. The highest BCUT2D eigenvalue weighted by atomic mass is 16.3. The number of carbonyl (C=O) groups is 3. The minimum Gasteiger partial charge on any atom is -0.385 e. The van der Waals surface area contributed by atoms with Crippen LogP contribution in [-0.2, 0) is 20.8 Å². The Morgan fingerprint density at radius 2 is 2.11 bits per heavy atom. The van der Waals surface area contributed by atoms with E-state index in [2.05, 4.69) is 5.32 Å². The van der Waals surface area contributed by atoms with E-state index in [4.69, 9.17) is 8.22 Å². The summed E-state index contributed by atoms with van der Waals surface area (Å²) in [5.41, 5.74) is 1.24. The second kappa shape index (κ2) is 8.65. The molecule has 6 nitrogen and oxygen atoms in total. The fraction of sp³-hybridized carbons (Fsp3) is 0.571. The van der Waals surface area contributed by atoms with Gasteiger partial charge in [-0.05, 0) is 30.4 Å². The van der Waals surface area contributed by atoms with Crippen LogP contribution in [0.2, 0.25) is 0 Å². The molecule has 0 radical (unpaired) electrons. The molecule has 1 heterocycles. The maximum atomic E-state index is 13.1. The monoisotopic (exact) mass is 380 g/mol. The van der Waals surface area contributed by atoms with E-state index in [-0.39, 0.29) is 6.42 Å². The number of carbonyl (C=O) groups excluding carboxylic acids is 3. The van der Waals surface area contributed by atoms with E-state index in [1.807, 2.05) is 0 Å². The van der Waals surface area contributed by atoms with Crippen molar-refractivity contribution in [3.63, 3.8) is 0 Å². The van der Waals surface area contributed by atoms with Crippen molar-refractivity contribution in [2.45, 2.75) is 58.6 Å². The topological polar surface area (TPSA) is 86.7 Å². The van der Waals surface area contributed by atoms with Crippen molar-refractivity contribution in [1.29, 1.82) is 0 Å². The molecule has 0 saturated heterocycles. The minimum atomic E-state index is -3.27. The number of hydrogen-bond acceptors (Lipinski definition) is 4. The summed E-state index contributed by atoms with van der Waals surface area (Å²) >= 11 is 0. The summed E-state index contributed by atoms with van der Waals surface area (Å²) in [6, 6.07) is 4.56. The summed E-state index contributed by atoms with van der Waals surface area (Å²) in [6.45, 7) is 0.579. The maximum Gasteiger partial charge on any atom is 0.249 e.